The number of aliphatic imine (C=N–C) groups is 1. The van der Waals surface area contributed by atoms with Gasteiger partial charge >= 0.3 is 0 Å². The highest BCUT2D eigenvalue weighted by molar-refractivity contribution is 14.0. The minimum absolute atomic E-state index is 0. The summed E-state index contributed by atoms with van der Waals surface area (Å²) in [5.74, 6) is 1.85. The van der Waals surface area contributed by atoms with Gasteiger partial charge in [-0.3, -0.25) is 9.69 Å². The van der Waals surface area contributed by atoms with E-state index in [-0.39, 0.29) is 35.9 Å². The number of guanidine groups is 1. The quantitative estimate of drug-likeness (QED) is 0.255. The van der Waals surface area contributed by atoms with Crippen molar-refractivity contribution in [3.63, 3.8) is 0 Å². The van der Waals surface area contributed by atoms with E-state index in [0.717, 1.165) is 62.1 Å². The molecule has 0 saturated carbocycles. The first-order chi connectivity index (χ1) is 15.7. The molecule has 1 aromatic heterocycles. The van der Waals surface area contributed by atoms with Gasteiger partial charge in [0.2, 0.25) is 0 Å². The largest absolute Gasteiger partial charge is 0.468 e. The molecular formula is C25H38IN5O2. The Labute approximate surface area is 215 Å². The molecule has 2 aromatic rings. The van der Waals surface area contributed by atoms with Crippen LogP contribution in [0.25, 0.3) is 0 Å². The molecule has 0 aliphatic carbocycles. The van der Waals surface area contributed by atoms with Crippen molar-refractivity contribution >= 4 is 35.8 Å². The van der Waals surface area contributed by atoms with Crippen molar-refractivity contribution in [1.82, 2.24) is 20.4 Å². The van der Waals surface area contributed by atoms with Crippen molar-refractivity contribution in [2.75, 3.05) is 39.3 Å². The fraction of sp³-hybridized carbons (Fsp3) is 0.520. The Morgan fingerprint density at radius 1 is 1.09 bits per heavy atom. The maximum absolute atomic E-state index is 12.5. The maximum atomic E-state index is 12.5. The second kappa shape index (κ2) is 14.2. The zero-order valence-electron chi connectivity index (χ0n) is 20.0. The van der Waals surface area contributed by atoms with Gasteiger partial charge in [-0.2, -0.15) is 0 Å². The first kappa shape index (κ1) is 27.2. The highest BCUT2D eigenvalue weighted by atomic mass is 127. The number of carbonyl (C=O) groups excluding carboxylic acids is 1. The van der Waals surface area contributed by atoms with Crippen molar-refractivity contribution in [3.8, 4) is 0 Å². The maximum Gasteiger partial charge on any atom is 0.253 e. The average molecular weight is 568 g/mol. The van der Waals surface area contributed by atoms with E-state index in [2.05, 4.69) is 28.5 Å². The Kier molecular flexibility index (Phi) is 11.7. The first-order valence-electron chi connectivity index (χ1n) is 11.8. The zero-order chi connectivity index (χ0) is 22.8. The van der Waals surface area contributed by atoms with Crippen LogP contribution in [0.5, 0.6) is 0 Å². The highest BCUT2D eigenvalue weighted by Crippen LogP contribution is 2.24. The molecule has 182 valence electrons. The molecule has 7 nitrogen and oxygen atoms in total. The van der Waals surface area contributed by atoms with Gasteiger partial charge in [-0.05, 0) is 76.5 Å². The molecule has 0 bridgehead atoms. The van der Waals surface area contributed by atoms with E-state index < -0.39 is 0 Å². The summed E-state index contributed by atoms with van der Waals surface area (Å²) in [6.07, 6.45) is 4.21. The molecule has 1 saturated heterocycles. The van der Waals surface area contributed by atoms with Crippen molar-refractivity contribution in [1.29, 1.82) is 0 Å². The van der Waals surface area contributed by atoms with Crippen LogP contribution in [0.4, 0.5) is 0 Å². The standard InChI is InChI=1S/C25H37N5O2.HI/c1-4-26-25(28-19-22(23-10-9-17-32-23)30-15-7-8-16-30)27-18-20-11-13-21(14-12-20)24(31)29(5-2)6-3;/h9-14,17,22H,4-8,15-16,18-19H2,1-3H3,(H2,26,27,28);1H. The SMILES string of the molecule is CCNC(=NCc1ccc(C(=O)N(CC)CC)cc1)NCC(c1ccco1)N1CCCC1.I. The Balaban J connectivity index is 0.00000385. The molecule has 2 heterocycles. The zero-order valence-corrected chi connectivity index (χ0v) is 22.4. The third-order valence-electron chi connectivity index (χ3n) is 5.93. The third kappa shape index (κ3) is 7.74. The van der Waals surface area contributed by atoms with Crippen LogP contribution < -0.4 is 10.6 Å². The van der Waals surface area contributed by atoms with E-state index in [4.69, 9.17) is 9.41 Å². The molecule has 1 aromatic carbocycles. The molecular weight excluding hydrogens is 529 g/mol. The van der Waals surface area contributed by atoms with Gasteiger partial charge in [-0.25, -0.2) is 4.99 Å². The molecule has 33 heavy (non-hydrogen) atoms. The van der Waals surface area contributed by atoms with Gasteiger partial charge in [0.25, 0.3) is 5.91 Å². The number of rotatable bonds is 10. The Morgan fingerprint density at radius 2 is 1.79 bits per heavy atom. The molecule has 1 unspecified atom stereocenters. The molecule has 2 N–H and O–H groups in total. The van der Waals surface area contributed by atoms with E-state index in [0.29, 0.717) is 6.54 Å². The summed E-state index contributed by atoms with van der Waals surface area (Å²) in [4.78, 5) is 21.5. The van der Waals surface area contributed by atoms with E-state index in [1.54, 1.807) is 6.26 Å². The molecule has 8 heteroatoms. The highest BCUT2D eigenvalue weighted by Gasteiger charge is 2.25. The van der Waals surface area contributed by atoms with E-state index in [9.17, 15) is 4.79 Å². The first-order valence-corrected chi connectivity index (χ1v) is 11.8. The predicted octanol–water partition coefficient (Wildman–Crippen LogP) is 4.27. The van der Waals surface area contributed by atoms with Crippen molar-refractivity contribution in [2.45, 2.75) is 46.2 Å². The number of furan rings is 1. The lowest BCUT2D eigenvalue weighted by Crippen LogP contribution is -2.42. The van der Waals surface area contributed by atoms with Gasteiger partial charge < -0.3 is 20.0 Å². The second-order valence-electron chi connectivity index (χ2n) is 8.02. The van der Waals surface area contributed by atoms with Gasteiger partial charge in [0.1, 0.15) is 5.76 Å². The lowest BCUT2D eigenvalue weighted by molar-refractivity contribution is 0.0773. The predicted molar refractivity (Wildman–Crippen MR) is 144 cm³/mol. The van der Waals surface area contributed by atoms with Crippen LogP contribution >= 0.6 is 24.0 Å². The number of benzene rings is 1. The van der Waals surface area contributed by atoms with Crippen LogP contribution in [0.3, 0.4) is 0 Å². The fourth-order valence-corrected chi connectivity index (χ4v) is 4.10. The number of carbonyl (C=O) groups is 1. The number of nitrogens with one attached hydrogen (secondary N) is 2. The molecule has 1 aliphatic rings. The monoisotopic (exact) mass is 567 g/mol. The lowest BCUT2D eigenvalue weighted by atomic mass is 10.1. The average Bonchev–Trinajstić information content (AvgIpc) is 3.54. The van der Waals surface area contributed by atoms with Crippen LogP contribution in [0, 0.1) is 0 Å². The van der Waals surface area contributed by atoms with Crippen molar-refractivity contribution < 1.29 is 9.21 Å². The Hall–Kier alpha value is -2.07. The molecule has 1 atom stereocenters. The van der Waals surface area contributed by atoms with Crippen molar-refractivity contribution in [2.24, 2.45) is 4.99 Å². The topological polar surface area (TPSA) is 73.1 Å². The summed E-state index contributed by atoms with van der Waals surface area (Å²) in [5, 5.41) is 6.83. The number of halogens is 1. The summed E-state index contributed by atoms with van der Waals surface area (Å²) >= 11 is 0. The smallest absolute Gasteiger partial charge is 0.253 e. The Bertz CT molecular complexity index is 844. The minimum atomic E-state index is 0. The summed E-state index contributed by atoms with van der Waals surface area (Å²) in [6, 6.07) is 12.0. The van der Waals surface area contributed by atoms with Crippen LogP contribution in [0.2, 0.25) is 0 Å². The molecule has 1 aliphatic heterocycles. The van der Waals surface area contributed by atoms with Crippen LogP contribution in [0.1, 0.15) is 61.3 Å². The summed E-state index contributed by atoms with van der Waals surface area (Å²) < 4.78 is 5.72. The van der Waals surface area contributed by atoms with Gasteiger partial charge in [0.15, 0.2) is 5.96 Å². The minimum Gasteiger partial charge on any atom is -0.468 e. The van der Waals surface area contributed by atoms with E-state index in [1.807, 2.05) is 49.1 Å². The molecule has 1 amide bonds. The van der Waals surface area contributed by atoms with Crippen molar-refractivity contribution in [3.05, 3.63) is 59.5 Å². The molecule has 0 spiro atoms. The number of nitrogens with zero attached hydrogens (tertiary/aromatic N) is 3. The van der Waals surface area contributed by atoms with Crippen LogP contribution in [-0.2, 0) is 6.54 Å². The van der Waals surface area contributed by atoms with Crippen LogP contribution in [-0.4, -0.2) is 60.9 Å². The van der Waals surface area contributed by atoms with Crippen LogP contribution in [0.15, 0.2) is 52.1 Å². The molecule has 3 rings (SSSR count). The number of hydrogen-bond donors (Lipinski definition) is 2. The fourth-order valence-electron chi connectivity index (χ4n) is 4.10. The number of likely N-dealkylation sites (tertiary alicyclic amines) is 1. The summed E-state index contributed by atoms with van der Waals surface area (Å²) in [7, 11) is 0. The molecule has 0 radical (unpaired) electrons. The number of amides is 1. The van der Waals surface area contributed by atoms with Gasteiger partial charge in [0, 0.05) is 31.7 Å². The van der Waals surface area contributed by atoms with Gasteiger partial charge in [-0.1, -0.05) is 12.1 Å². The molecule has 1 fully saturated rings. The Morgan fingerprint density at radius 3 is 2.36 bits per heavy atom. The summed E-state index contributed by atoms with van der Waals surface area (Å²) in [5.41, 5.74) is 1.79. The second-order valence-corrected chi connectivity index (χ2v) is 8.02. The van der Waals surface area contributed by atoms with E-state index >= 15 is 0 Å². The van der Waals surface area contributed by atoms with Gasteiger partial charge in [-0.15, -0.1) is 24.0 Å². The van der Waals surface area contributed by atoms with E-state index in [1.165, 1.54) is 12.8 Å². The lowest BCUT2D eigenvalue weighted by Gasteiger charge is -2.26. The summed E-state index contributed by atoms with van der Waals surface area (Å²) in [6.45, 7) is 11.8. The normalized spacial score (nSPS) is 15.1. The third-order valence-corrected chi connectivity index (χ3v) is 5.93. The van der Waals surface area contributed by atoms with Gasteiger partial charge in [0.05, 0.1) is 18.8 Å². The number of hydrogen-bond acceptors (Lipinski definition) is 4.